The first-order chi connectivity index (χ1) is 13.4. The normalized spacial score (nSPS) is 38.9. The average molecular weight is 392 g/mol. The van der Waals surface area contributed by atoms with Crippen molar-refractivity contribution in [3.05, 3.63) is 0 Å². The third-order valence-electron chi connectivity index (χ3n) is 8.61. The lowest BCUT2D eigenvalue weighted by Gasteiger charge is -2.42. The van der Waals surface area contributed by atoms with Gasteiger partial charge >= 0.3 is 0 Å². The summed E-state index contributed by atoms with van der Waals surface area (Å²) in [5.41, 5.74) is 0.756. The Bertz CT molecular complexity index is 447. The molecule has 3 atom stereocenters. The van der Waals surface area contributed by atoms with Gasteiger partial charge < -0.3 is 10.1 Å². The van der Waals surface area contributed by atoms with Crippen LogP contribution in [0, 0.1) is 11.3 Å². The van der Waals surface area contributed by atoms with Gasteiger partial charge in [0.25, 0.3) is 0 Å². The van der Waals surface area contributed by atoms with Crippen molar-refractivity contribution in [1.82, 2.24) is 5.32 Å². The molecule has 2 aliphatic carbocycles. The molecule has 3 fully saturated rings. The summed E-state index contributed by atoms with van der Waals surface area (Å²) in [6.45, 7) is 9.98. The zero-order valence-corrected chi connectivity index (χ0v) is 19.4. The molecule has 0 spiro atoms. The van der Waals surface area contributed by atoms with Gasteiger partial charge in [0.1, 0.15) is 0 Å². The van der Waals surface area contributed by atoms with E-state index in [0.29, 0.717) is 5.41 Å². The van der Waals surface area contributed by atoms with Gasteiger partial charge in [-0.25, -0.2) is 0 Å². The molecule has 3 rings (SSSR count). The molecule has 2 saturated carbocycles. The van der Waals surface area contributed by atoms with Crippen LogP contribution in [0.2, 0.25) is 0 Å². The van der Waals surface area contributed by atoms with Crippen LogP contribution in [0.3, 0.4) is 0 Å². The summed E-state index contributed by atoms with van der Waals surface area (Å²) in [4.78, 5) is 0. The molecule has 28 heavy (non-hydrogen) atoms. The van der Waals surface area contributed by atoms with Crippen molar-refractivity contribution >= 4 is 0 Å². The molecule has 1 saturated heterocycles. The minimum Gasteiger partial charge on any atom is -0.369 e. The molecule has 0 aromatic heterocycles. The zero-order valence-electron chi connectivity index (χ0n) is 19.4. The van der Waals surface area contributed by atoms with Crippen LogP contribution in [0.1, 0.15) is 130 Å². The third kappa shape index (κ3) is 6.46. The highest BCUT2D eigenvalue weighted by atomic mass is 16.5. The van der Waals surface area contributed by atoms with Gasteiger partial charge in [-0.1, -0.05) is 71.1 Å². The first kappa shape index (κ1) is 22.6. The monoisotopic (exact) mass is 391 g/mol. The van der Waals surface area contributed by atoms with Crippen LogP contribution in [0.4, 0.5) is 0 Å². The molecule has 0 radical (unpaired) electrons. The lowest BCUT2D eigenvalue weighted by Crippen LogP contribution is -2.41. The van der Waals surface area contributed by atoms with Crippen LogP contribution in [-0.4, -0.2) is 24.3 Å². The topological polar surface area (TPSA) is 21.3 Å². The quantitative estimate of drug-likeness (QED) is 0.541. The second kappa shape index (κ2) is 10.3. The molecule has 1 N–H and O–H groups in total. The van der Waals surface area contributed by atoms with Crippen LogP contribution < -0.4 is 5.32 Å². The standard InChI is InChI=1S/C26H49NO/c1-24(23-14-21-27-22-23)15-11-12-19-26(3,20-13-16-24)28-25(2)17-9-7-5-4-6-8-10-18-25/h23,27H,4-22H2,1-3H3. The van der Waals surface area contributed by atoms with E-state index in [1.807, 2.05) is 0 Å². The van der Waals surface area contributed by atoms with Gasteiger partial charge in [0.05, 0.1) is 11.2 Å². The van der Waals surface area contributed by atoms with Gasteiger partial charge in [0, 0.05) is 0 Å². The Morgan fingerprint density at radius 1 is 0.607 bits per heavy atom. The van der Waals surface area contributed by atoms with Gasteiger partial charge in [0.15, 0.2) is 0 Å². The van der Waals surface area contributed by atoms with E-state index in [-0.39, 0.29) is 11.2 Å². The van der Waals surface area contributed by atoms with E-state index in [4.69, 9.17) is 4.74 Å². The summed E-state index contributed by atoms with van der Waals surface area (Å²) < 4.78 is 7.11. The molecule has 1 heterocycles. The summed E-state index contributed by atoms with van der Waals surface area (Å²) in [5, 5.41) is 3.62. The molecule has 0 aromatic rings. The molecule has 0 amide bonds. The SMILES string of the molecule is CC1(OC2(C)CCCCC(C)(C3CCNC3)CCC2)CCCCCCCCC1. The fraction of sp³-hybridized carbons (Fsp3) is 1.00. The van der Waals surface area contributed by atoms with Crippen molar-refractivity contribution in [3.8, 4) is 0 Å². The highest BCUT2D eigenvalue weighted by molar-refractivity contribution is 4.91. The number of nitrogens with one attached hydrogen (secondary N) is 1. The largest absolute Gasteiger partial charge is 0.369 e. The van der Waals surface area contributed by atoms with E-state index in [0.717, 1.165) is 5.92 Å². The summed E-state index contributed by atoms with van der Waals surface area (Å²) >= 11 is 0. The van der Waals surface area contributed by atoms with E-state index >= 15 is 0 Å². The van der Waals surface area contributed by atoms with Crippen molar-refractivity contribution in [3.63, 3.8) is 0 Å². The Morgan fingerprint density at radius 2 is 1.07 bits per heavy atom. The maximum absolute atomic E-state index is 7.11. The number of hydrogen-bond donors (Lipinski definition) is 1. The Labute approximate surface area is 176 Å². The molecule has 2 nitrogen and oxygen atoms in total. The van der Waals surface area contributed by atoms with Crippen LogP contribution >= 0.6 is 0 Å². The fourth-order valence-corrected chi connectivity index (χ4v) is 6.61. The van der Waals surface area contributed by atoms with E-state index in [1.165, 1.54) is 122 Å². The Hall–Kier alpha value is -0.0800. The lowest BCUT2D eigenvalue weighted by molar-refractivity contribution is -0.157. The van der Waals surface area contributed by atoms with Gasteiger partial charge in [-0.3, -0.25) is 0 Å². The van der Waals surface area contributed by atoms with Crippen molar-refractivity contribution < 1.29 is 4.74 Å². The first-order valence-electron chi connectivity index (χ1n) is 12.8. The maximum atomic E-state index is 7.11. The Balaban J connectivity index is 1.60. The summed E-state index contributed by atoms with van der Waals surface area (Å²) in [7, 11) is 0. The molecule has 3 aliphatic rings. The van der Waals surface area contributed by atoms with Crippen LogP contribution in [0.5, 0.6) is 0 Å². The van der Waals surface area contributed by atoms with Crippen LogP contribution in [0.15, 0.2) is 0 Å². The Kier molecular flexibility index (Phi) is 8.31. The van der Waals surface area contributed by atoms with E-state index in [1.54, 1.807) is 0 Å². The van der Waals surface area contributed by atoms with Gasteiger partial charge in [-0.05, 0) is 83.2 Å². The molecule has 164 valence electrons. The molecular formula is C26H49NO. The predicted octanol–water partition coefficient (Wildman–Crippen LogP) is 7.41. The number of rotatable bonds is 3. The fourth-order valence-electron chi connectivity index (χ4n) is 6.61. The number of ether oxygens (including phenoxy) is 1. The minimum absolute atomic E-state index is 0.0953. The molecule has 0 bridgehead atoms. The third-order valence-corrected chi connectivity index (χ3v) is 8.61. The van der Waals surface area contributed by atoms with Crippen molar-refractivity contribution in [2.24, 2.45) is 11.3 Å². The average Bonchev–Trinajstić information content (AvgIpc) is 3.20. The first-order valence-corrected chi connectivity index (χ1v) is 12.8. The van der Waals surface area contributed by atoms with Crippen molar-refractivity contribution in [2.75, 3.05) is 13.1 Å². The Morgan fingerprint density at radius 3 is 1.64 bits per heavy atom. The number of hydrogen-bond acceptors (Lipinski definition) is 2. The second-order valence-electron chi connectivity index (χ2n) is 11.4. The molecule has 2 heteroatoms. The molecule has 1 aliphatic heterocycles. The van der Waals surface area contributed by atoms with Gasteiger partial charge in [-0.15, -0.1) is 0 Å². The second-order valence-corrected chi connectivity index (χ2v) is 11.4. The van der Waals surface area contributed by atoms with Crippen LogP contribution in [0.25, 0.3) is 0 Å². The van der Waals surface area contributed by atoms with Crippen LogP contribution in [-0.2, 0) is 4.74 Å². The predicted molar refractivity (Wildman–Crippen MR) is 121 cm³/mol. The molecule has 0 aromatic carbocycles. The van der Waals surface area contributed by atoms with Crippen molar-refractivity contribution in [1.29, 1.82) is 0 Å². The highest BCUT2D eigenvalue weighted by Crippen LogP contribution is 2.45. The summed E-state index contributed by atoms with van der Waals surface area (Å²) in [6, 6.07) is 0. The molecule has 3 unspecified atom stereocenters. The van der Waals surface area contributed by atoms with Crippen molar-refractivity contribution in [2.45, 2.75) is 141 Å². The summed E-state index contributed by atoms with van der Waals surface area (Å²) in [6.07, 6.45) is 23.2. The lowest BCUT2D eigenvalue weighted by atomic mass is 9.70. The maximum Gasteiger partial charge on any atom is 0.0662 e. The van der Waals surface area contributed by atoms with E-state index in [2.05, 4.69) is 26.1 Å². The van der Waals surface area contributed by atoms with Gasteiger partial charge in [-0.2, -0.15) is 0 Å². The summed E-state index contributed by atoms with van der Waals surface area (Å²) in [5.74, 6) is 0.897. The molecular weight excluding hydrogens is 342 g/mol. The minimum atomic E-state index is 0.0953. The van der Waals surface area contributed by atoms with E-state index in [9.17, 15) is 0 Å². The van der Waals surface area contributed by atoms with E-state index < -0.39 is 0 Å². The highest BCUT2D eigenvalue weighted by Gasteiger charge is 2.39. The zero-order chi connectivity index (χ0) is 19.9. The smallest absolute Gasteiger partial charge is 0.0662 e. The van der Waals surface area contributed by atoms with Gasteiger partial charge in [0.2, 0.25) is 0 Å².